The fraction of sp³-hybridized carbons (Fsp3) is 0.529. The first-order valence-corrected chi connectivity index (χ1v) is 8.12. The van der Waals surface area contributed by atoms with Crippen molar-refractivity contribution in [2.75, 3.05) is 26.4 Å². The lowest BCUT2D eigenvalue weighted by Gasteiger charge is -2.17. The van der Waals surface area contributed by atoms with Crippen LogP contribution >= 0.6 is 0 Å². The molecule has 0 heterocycles. The van der Waals surface area contributed by atoms with Gasteiger partial charge in [-0.05, 0) is 30.2 Å². The van der Waals surface area contributed by atoms with Gasteiger partial charge in [0.15, 0.2) is 6.61 Å². The number of ether oxygens (including phenoxy) is 3. The number of nitrogens with one attached hydrogen (secondary N) is 1. The summed E-state index contributed by atoms with van der Waals surface area (Å²) >= 11 is 0. The molecule has 0 spiro atoms. The van der Waals surface area contributed by atoms with Crippen LogP contribution in [0.4, 0.5) is 13.2 Å². The number of halogens is 3. The highest BCUT2D eigenvalue weighted by Crippen LogP contribution is 2.18. The van der Waals surface area contributed by atoms with Gasteiger partial charge in [0.2, 0.25) is 0 Å². The van der Waals surface area contributed by atoms with Gasteiger partial charge in [-0.2, -0.15) is 13.2 Å². The predicted molar refractivity (Wildman–Crippen MR) is 88.3 cm³/mol. The molecule has 0 radical (unpaired) electrons. The highest BCUT2D eigenvalue weighted by molar-refractivity contribution is 5.81. The summed E-state index contributed by atoms with van der Waals surface area (Å²) < 4.78 is 51.7. The minimum absolute atomic E-state index is 0.356. The molecule has 1 rings (SSSR count). The van der Waals surface area contributed by atoms with Crippen LogP contribution in [-0.4, -0.2) is 55.6 Å². The lowest BCUT2D eigenvalue weighted by Crippen LogP contribution is -2.43. The maximum Gasteiger partial charge on any atom is 0.471 e. The maximum atomic E-state index is 12.1. The monoisotopic (exact) mass is 393 g/mol. The van der Waals surface area contributed by atoms with Crippen molar-refractivity contribution in [2.24, 2.45) is 5.92 Å². The molecule has 0 fully saturated rings. The minimum atomic E-state index is -5.06. The molecule has 0 saturated heterocycles. The van der Waals surface area contributed by atoms with Crippen LogP contribution in [0.15, 0.2) is 24.3 Å². The second kappa shape index (κ2) is 10.6. The van der Waals surface area contributed by atoms with Crippen molar-refractivity contribution in [3.8, 4) is 11.5 Å². The SMILES string of the molecule is CC(C)COc1ccc(OCC(=O)OC(CO)CNC(=O)C(F)(F)F)cc1. The van der Waals surface area contributed by atoms with E-state index >= 15 is 0 Å². The third-order valence-electron chi connectivity index (χ3n) is 3.01. The van der Waals surface area contributed by atoms with E-state index in [1.807, 2.05) is 13.8 Å². The van der Waals surface area contributed by atoms with Crippen LogP contribution < -0.4 is 14.8 Å². The number of benzene rings is 1. The first kappa shape index (κ1) is 22.6. The van der Waals surface area contributed by atoms with Gasteiger partial charge in [-0.25, -0.2) is 4.79 Å². The average Bonchev–Trinajstić information content (AvgIpc) is 2.61. The minimum Gasteiger partial charge on any atom is -0.493 e. The van der Waals surface area contributed by atoms with Gasteiger partial charge in [0, 0.05) is 0 Å². The van der Waals surface area contributed by atoms with Crippen LogP contribution in [-0.2, 0) is 14.3 Å². The first-order valence-electron chi connectivity index (χ1n) is 8.12. The third-order valence-corrected chi connectivity index (χ3v) is 3.01. The number of carbonyl (C=O) groups is 2. The average molecular weight is 393 g/mol. The molecular formula is C17H22F3NO6. The summed E-state index contributed by atoms with van der Waals surface area (Å²) in [6.45, 7) is 2.62. The van der Waals surface area contributed by atoms with E-state index in [-0.39, 0.29) is 0 Å². The first-order chi connectivity index (χ1) is 12.6. The van der Waals surface area contributed by atoms with Gasteiger partial charge in [-0.3, -0.25) is 4.79 Å². The number of aliphatic hydroxyl groups is 1. The number of carbonyl (C=O) groups excluding carboxylic acids is 2. The summed E-state index contributed by atoms with van der Waals surface area (Å²) in [6.07, 6.45) is -6.38. The van der Waals surface area contributed by atoms with E-state index in [0.717, 1.165) is 0 Å². The summed E-state index contributed by atoms with van der Waals surface area (Å²) in [5, 5.41) is 10.6. The molecule has 0 aliphatic heterocycles. The van der Waals surface area contributed by atoms with E-state index in [2.05, 4.69) is 0 Å². The molecule has 0 aliphatic rings. The molecule has 7 nitrogen and oxygen atoms in total. The molecule has 0 bridgehead atoms. The number of esters is 1. The van der Waals surface area contributed by atoms with Crippen molar-refractivity contribution in [3.63, 3.8) is 0 Å². The zero-order valence-electron chi connectivity index (χ0n) is 14.9. The van der Waals surface area contributed by atoms with Crippen molar-refractivity contribution in [3.05, 3.63) is 24.3 Å². The molecule has 1 aromatic carbocycles. The van der Waals surface area contributed by atoms with E-state index in [1.165, 1.54) is 5.32 Å². The van der Waals surface area contributed by atoms with Gasteiger partial charge in [-0.15, -0.1) is 0 Å². The highest BCUT2D eigenvalue weighted by Gasteiger charge is 2.38. The topological polar surface area (TPSA) is 94.1 Å². The molecule has 1 atom stereocenters. The molecule has 10 heteroatoms. The largest absolute Gasteiger partial charge is 0.493 e. The fourth-order valence-electron chi connectivity index (χ4n) is 1.71. The van der Waals surface area contributed by atoms with Crippen LogP contribution in [0.2, 0.25) is 0 Å². The van der Waals surface area contributed by atoms with Gasteiger partial charge in [-0.1, -0.05) is 13.8 Å². The number of rotatable bonds is 10. The lowest BCUT2D eigenvalue weighted by molar-refractivity contribution is -0.174. The summed E-state index contributed by atoms with van der Waals surface area (Å²) in [4.78, 5) is 22.4. The third kappa shape index (κ3) is 9.13. The Morgan fingerprint density at radius 1 is 1.11 bits per heavy atom. The molecule has 1 unspecified atom stereocenters. The van der Waals surface area contributed by atoms with E-state index in [0.29, 0.717) is 24.0 Å². The predicted octanol–water partition coefficient (Wildman–Crippen LogP) is 1.68. The molecule has 152 valence electrons. The molecule has 0 aromatic heterocycles. The van der Waals surface area contributed by atoms with Gasteiger partial charge < -0.3 is 24.6 Å². The number of alkyl halides is 3. The van der Waals surface area contributed by atoms with Crippen LogP contribution in [0.5, 0.6) is 11.5 Å². The van der Waals surface area contributed by atoms with E-state index in [1.54, 1.807) is 24.3 Å². The highest BCUT2D eigenvalue weighted by atomic mass is 19.4. The Bertz CT molecular complexity index is 604. The van der Waals surface area contributed by atoms with Gasteiger partial charge in [0.25, 0.3) is 0 Å². The molecule has 2 N–H and O–H groups in total. The normalized spacial score (nSPS) is 12.4. The van der Waals surface area contributed by atoms with Crippen molar-refractivity contribution in [2.45, 2.75) is 26.1 Å². The van der Waals surface area contributed by atoms with Gasteiger partial charge in [0.05, 0.1) is 19.8 Å². The van der Waals surface area contributed by atoms with Crippen LogP contribution in [0, 0.1) is 5.92 Å². The standard InChI is InChI=1S/C17H22F3NO6/c1-11(2)9-25-12-3-5-13(6-4-12)26-10-15(23)27-14(8-22)7-21-16(24)17(18,19)20/h3-6,11,14,22H,7-10H2,1-2H3,(H,21,24). The van der Waals surface area contributed by atoms with Crippen LogP contribution in [0.1, 0.15) is 13.8 Å². The zero-order chi connectivity index (χ0) is 20.4. The Morgan fingerprint density at radius 3 is 2.15 bits per heavy atom. The summed E-state index contributed by atoms with van der Waals surface area (Å²) in [6, 6.07) is 6.48. The van der Waals surface area contributed by atoms with E-state index in [4.69, 9.17) is 19.3 Å². The molecule has 0 saturated carbocycles. The Labute approximate surface area is 154 Å². The Morgan fingerprint density at radius 2 is 1.67 bits per heavy atom. The number of hydrogen-bond donors (Lipinski definition) is 2. The van der Waals surface area contributed by atoms with Crippen LogP contribution in [0.25, 0.3) is 0 Å². The van der Waals surface area contributed by atoms with E-state index < -0.39 is 43.9 Å². The van der Waals surface area contributed by atoms with Gasteiger partial charge >= 0.3 is 18.1 Å². The molecular weight excluding hydrogens is 371 g/mol. The second-order valence-corrected chi connectivity index (χ2v) is 5.97. The fourth-order valence-corrected chi connectivity index (χ4v) is 1.71. The zero-order valence-corrected chi connectivity index (χ0v) is 14.9. The quantitative estimate of drug-likeness (QED) is 0.588. The Kier molecular flexibility index (Phi) is 8.86. The number of amides is 1. The van der Waals surface area contributed by atoms with Gasteiger partial charge in [0.1, 0.15) is 17.6 Å². The Balaban J connectivity index is 2.39. The van der Waals surface area contributed by atoms with Crippen molar-refractivity contribution >= 4 is 11.9 Å². The molecule has 1 amide bonds. The van der Waals surface area contributed by atoms with Crippen LogP contribution in [0.3, 0.4) is 0 Å². The summed E-state index contributed by atoms with van der Waals surface area (Å²) in [5.74, 6) is -1.73. The van der Waals surface area contributed by atoms with Crippen molar-refractivity contribution in [1.82, 2.24) is 5.32 Å². The smallest absolute Gasteiger partial charge is 0.471 e. The second-order valence-electron chi connectivity index (χ2n) is 5.97. The Hall–Kier alpha value is -2.49. The van der Waals surface area contributed by atoms with E-state index in [9.17, 15) is 22.8 Å². The van der Waals surface area contributed by atoms with Crippen molar-refractivity contribution < 1.29 is 42.1 Å². The maximum absolute atomic E-state index is 12.1. The number of hydrogen-bond acceptors (Lipinski definition) is 6. The molecule has 0 aliphatic carbocycles. The molecule has 1 aromatic rings. The molecule has 27 heavy (non-hydrogen) atoms. The summed E-state index contributed by atoms with van der Waals surface area (Å²) in [5.41, 5.74) is 0. The lowest BCUT2D eigenvalue weighted by atomic mass is 10.2. The van der Waals surface area contributed by atoms with Crippen molar-refractivity contribution in [1.29, 1.82) is 0 Å². The number of aliphatic hydroxyl groups excluding tert-OH is 1. The summed E-state index contributed by atoms with van der Waals surface area (Å²) in [7, 11) is 0.